The van der Waals surface area contributed by atoms with Gasteiger partial charge in [0.2, 0.25) is 0 Å². The van der Waals surface area contributed by atoms with E-state index < -0.39 is 0 Å². The molecule has 17 heavy (non-hydrogen) atoms. The van der Waals surface area contributed by atoms with E-state index in [0.29, 0.717) is 5.92 Å². The maximum absolute atomic E-state index is 5.97. The predicted octanol–water partition coefficient (Wildman–Crippen LogP) is 2.98. The van der Waals surface area contributed by atoms with Crippen molar-refractivity contribution in [3.8, 4) is 0 Å². The Morgan fingerprint density at radius 3 is 2.59 bits per heavy atom. The average Bonchev–Trinajstić information content (AvgIpc) is 2.27. The van der Waals surface area contributed by atoms with Crippen LogP contribution < -0.4 is 10.6 Å². The number of halogens is 1. The fourth-order valence-electron chi connectivity index (χ4n) is 1.62. The Morgan fingerprint density at radius 1 is 1.18 bits per heavy atom. The molecule has 1 rings (SSSR count). The van der Waals surface area contributed by atoms with Crippen molar-refractivity contribution in [2.24, 2.45) is 5.92 Å². The molecule has 0 heterocycles. The number of aryl methyl sites for hydroxylation is 1. The van der Waals surface area contributed by atoms with Crippen LogP contribution in [0.1, 0.15) is 25.0 Å². The molecule has 0 bridgehead atoms. The molecule has 0 aliphatic rings. The predicted molar refractivity (Wildman–Crippen MR) is 75.6 cm³/mol. The summed E-state index contributed by atoms with van der Waals surface area (Å²) in [4.78, 5) is 0. The van der Waals surface area contributed by atoms with Gasteiger partial charge >= 0.3 is 0 Å². The Bertz CT molecular complexity index is 337. The van der Waals surface area contributed by atoms with E-state index in [1.54, 1.807) is 0 Å². The van der Waals surface area contributed by atoms with E-state index in [0.717, 1.165) is 31.2 Å². The summed E-state index contributed by atoms with van der Waals surface area (Å²) in [7, 11) is 0. The summed E-state index contributed by atoms with van der Waals surface area (Å²) in [6.07, 6.45) is 0. The molecule has 3 heteroatoms. The number of nitrogens with one attached hydrogen (secondary N) is 2. The van der Waals surface area contributed by atoms with Crippen LogP contribution in [-0.2, 0) is 6.54 Å². The molecule has 0 saturated carbocycles. The Labute approximate surface area is 110 Å². The molecule has 0 aliphatic carbocycles. The van der Waals surface area contributed by atoms with Gasteiger partial charge in [-0.05, 0) is 42.6 Å². The highest BCUT2D eigenvalue weighted by molar-refractivity contribution is 6.30. The first-order valence-electron chi connectivity index (χ1n) is 6.26. The van der Waals surface area contributed by atoms with Gasteiger partial charge in [-0.3, -0.25) is 0 Å². The largest absolute Gasteiger partial charge is 0.315 e. The van der Waals surface area contributed by atoms with Crippen molar-refractivity contribution in [3.63, 3.8) is 0 Å². The summed E-state index contributed by atoms with van der Waals surface area (Å²) >= 11 is 5.97. The molecule has 0 aromatic heterocycles. The lowest BCUT2D eigenvalue weighted by atomic mass is 10.1. The molecule has 0 radical (unpaired) electrons. The van der Waals surface area contributed by atoms with Gasteiger partial charge in [0.1, 0.15) is 0 Å². The summed E-state index contributed by atoms with van der Waals surface area (Å²) < 4.78 is 0. The highest BCUT2D eigenvalue weighted by Crippen LogP contribution is 2.14. The zero-order valence-corrected chi connectivity index (χ0v) is 11.8. The van der Waals surface area contributed by atoms with Gasteiger partial charge in [0.25, 0.3) is 0 Å². The lowest BCUT2D eigenvalue weighted by molar-refractivity contribution is 0.535. The van der Waals surface area contributed by atoms with Gasteiger partial charge in [0.05, 0.1) is 0 Å². The molecule has 0 amide bonds. The lowest BCUT2D eigenvalue weighted by Crippen LogP contribution is -2.29. The molecular weight excluding hydrogens is 232 g/mol. The first-order valence-corrected chi connectivity index (χ1v) is 6.64. The Morgan fingerprint density at radius 2 is 1.88 bits per heavy atom. The number of benzene rings is 1. The third-order valence-electron chi connectivity index (χ3n) is 2.66. The van der Waals surface area contributed by atoms with E-state index in [-0.39, 0.29) is 0 Å². The molecule has 96 valence electrons. The van der Waals surface area contributed by atoms with Crippen LogP contribution in [0.4, 0.5) is 0 Å². The van der Waals surface area contributed by atoms with E-state index in [4.69, 9.17) is 11.6 Å². The van der Waals surface area contributed by atoms with Crippen LogP contribution in [0.3, 0.4) is 0 Å². The normalized spacial score (nSPS) is 11.1. The quantitative estimate of drug-likeness (QED) is 0.731. The number of hydrogen-bond acceptors (Lipinski definition) is 2. The fourth-order valence-corrected chi connectivity index (χ4v) is 1.82. The van der Waals surface area contributed by atoms with E-state index in [1.165, 1.54) is 11.1 Å². The topological polar surface area (TPSA) is 24.1 Å². The maximum Gasteiger partial charge on any atom is 0.0409 e. The molecule has 2 nitrogen and oxygen atoms in total. The molecule has 0 unspecified atom stereocenters. The molecule has 0 aliphatic heterocycles. The van der Waals surface area contributed by atoms with Crippen molar-refractivity contribution in [3.05, 3.63) is 34.3 Å². The van der Waals surface area contributed by atoms with Crippen LogP contribution >= 0.6 is 11.6 Å². The standard InChI is InChI=1S/C14H23ClN2/c1-11(2)9-16-6-7-17-10-13-8-14(15)5-4-12(13)3/h4-5,8,11,16-17H,6-7,9-10H2,1-3H3. The fraction of sp³-hybridized carbons (Fsp3) is 0.571. The highest BCUT2D eigenvalue weighted by atomic mass is 35.5. The van der Waals surface area contributed by atoms with Crippen molar-refractivity contribution in [1.29, 1.82) is 0 Å². The van der Waals surface area contributed by atoms with Crippen LogP contribution in [0.15, 0.2) is 18.2 Å². The minimum atomic E-state index is 0.713. The van der Waals surface area contributed by atoms with Gasteiger partial charge < -0.3 is 10.6 Å². The molecular formula is C14H23ClN2. The Balaban J connectivity index is 2.20. The Kier molecular flexibility index (Phi) is 6.56. The summed E-state index contributed by atoms with van der Waals surface area (Å²) in [5.74, 6) is 0.713. The monoisotopic (exact) mass is 254 g/mol. The van der Waals surface area contributed by atoms with Gasteiger partial charge in [-0.1, -0.05) is 31.5 Å². The molecule has 1 aromatic carbocycles. The molecule has 2 N–H and O–H groups in total. The maximum atomic E-state index is 5.97. The van der Waals surface area contributed by atoms with E-state index in [9.17, 15) is 0 Å². The zero-order valence-electron chi connectivity index (χ0n) is 11.0. The first kappa shape index (κ1) is 14.5. The van der Waals surface area contributed by atoms with Crippen LogP contribution in [0.5, 0.6) is 0 Å². The second-order valence-electron chi connectivity index (χ2n) is 4.85. The van der Waals surface area contributed by atoms with Gasteiger partial charge in [-0.2, -0.15) is 0 Å². The van der Waals surface area contributed by atoms with Crippen LogP contribution in [0.25, 0.3) is 0 Å². The highest BCUT2D eigenvalue weighted by Gasteiger charge is 1.99. The molecule has 0 spiro atoms. The van der Waals surface area contributed by atoms with Crippen molar-refractivity contribution >= 4 is 11.6 Å². The molecule has 0 saturated heterocycles. The second kappa shape index (κ2) is 7.70. The Hall–Kier alpha value is -0.570. The summed E-state index contributed by atoms with van der Waals surface area (Å²) in [5, 5.41) is 7.64. The third kappa shape index (κ3) is 6.06. The molecule has 0 atom stereocenters. The SMILES string of the molecule is Cc1ccc(Cl)cc1CNCCNCC(C)C. The van der Waals surface area contributed by atoms with Crippen LogP contribution in [0, 0.1) is 12.8 Å². The summed E-state index contributed by atoms with van der Waals surface area (Å²) in [6, 6.07) is 6.03. The number of hydrogen-bond donors (Lipinski definition) is 2. The number of rotatable bonds is 7. The van der Waals surface area contributed by atoms with Crippen molar-refractivity contribution in [2.45, 2.75) is 27.3 Å². The van der Waals surface area contributed by atoms with Crippen LogP contribution in [0.2, 0.25) is 5.02 Å². The van der Waals surface area contributed by atoms with Crippen molar-refractivity contribution < 1.29 is 0 Å². The molecule has 1 aromatic rings. The van der Waals surface area contributed by atoms with Crippen LogP contribution in [-0.4, -0.2) is 19.6 Å². The minimum absolute atomic E-state index is 0.713. The minimum Gasteiger partial charge on any atom is -0.315 e. The van der Waals surface area contributed by atoms with E-state index >= 15 is 0 Å². The van der Waals surface area contributed by atoms with E-state index in [2.05, 4.69) is 37.5 Å². The van der Waals surface area contributed by atoms with Crippen molar-refractivity contribution in [2.75, 3.05) is 19.6 Å². The summed E-state index contributed by atoms with van der Waals surface area (Å²) in [5.41, 5.74) is 2.57. The van der Waals surface area contributed by atoms with Gasteiger partial charge in [-0.25, -0.2) is 0 Å². The third-order valence-corrected chi connectivity index (χ3v) is 2.89. The first-order chi connectivity index (χ1) is 8.09. The second-order valence-corrected chi connectivity index (χ2v) is 5.28. The smallest absolute Gasteiger partial charge is 0.0409 e. The van der Waals surface area contributed by atoms with Gasteiger partial charge in [0, 0.05) is 24.7 Å². The summed E-state index contributed by atoms with van der Waals surface area (Å²) in [6.45, 7) is 10.5. The average molecular weight is 255 g/mol. The van der Waals surface area contributed by atoms with Crippen molar-refractivity contribution in [1.82, 2.24) is 10.6 Å². The lowest BCUT2D eigenvalue weighted by Gasteiger charge is -2.10. The molecule has 0 fully saturated rings. The van der Waals surface area contributed by atoms with E-state index in [1.807, 2.05) is 12.1 Å². The van der Waals surface area contributed by atoms with Gasteiger partial charge in [0.15, 0.2) is 0 Å². The zero-order chi connectivity index (χ0) is 12.7. The van der Waals surface area contributed by atoms with Gasteiger partial charge in [-0.15, -0.1) is 0 Å².